The van der Waals surface area contributed by atoms with Crippen LogP contribution in [0.1, 0.15) is 24.2 Å². The van der Waals surface area contributed by atoms with Crippen LogP contribution in [-0.2, 0) is 17.9 Å². The Morgan fingerprint density at radius 2 is 2.26 bits per heavy atom. The first-order valence-corrected chi connectivity index (χ1v) is 7.10. The first kappa shape index (κ1) is 13.1. The Balaban J connectivity index is 2.03. The van der Waals surface area contributed by atoms with E-state index in [9.17, 15) is 4.39 Å². The van der Waals surface area contributed by atoms with Gasteiger partial charge < -0.3 is 14.5 Å². The van der Waals surface area contributed by atoms with Gasteiger partial charge in [0.1, 0.15) is 17.2 Å². The first-order valence-electron chi connectivity index (χ1n) is 6.30. The maximum absolute atomic E-state index is 13.5. The molecule has 0 unspecified atom stereocenters. The van der Waals surface area contributed by atoms with Crippen LogP contribution in [-0.4, -0.2) is 13.2 Å². The third kappa shape index (κ3) is 2.68. The smallest absolute Gasteiger partial charge is 0.149 e. The number of nitrogens with one attached hydrogen (secondary N) is 1. The highest BCUT2D eigenvalue weighted by Gasteiger charge is 2.23. The maximum Gasteiger partial charge on any atom is 0.149 e. The molecule has 1 aromatic heterocycles. The molecular formula is C14H15BrFNO2. The van der Waals surface area contributed by atoms with Gasteiger partial charge in [0.2, 0.25) is 0 Å². The molecule has 1 heterocycles. The van der Waals surface area contributed by atoms with Crippen LogP contribution in [0.15, 0.2) is 21.0 Å². The van der Waals surface area contributed by atoms with E-state index in [-0.39, 0.29) is 5.82 Å². The van der Waals surface area contributed by atoms with Crippen LogP contribution in [0.3, 0.4) is 0 Å². The molecule has 3 rings (SSSR count). The molecular weight excluding hydrogens is 313 g/mol. The van der Waals surface area contributed by atoms with E-state index >= 15 is 0 Å². The van der Waals surface area contributed by atoms with Crippen molar-refractivity contribution in [1.82, 2.24) is 5.32 Å². The third-order valence-electron chi connectivity index (χ3n) is 3.31. The fourth-order valence-electron chi connectivity index (χ4n) is 2.19. The molecule has 1 fully saturated rings. The number of fused-ring (bicyclic) bond motifs is 1. The molecule has 1 N–H and O–H groups in total. The van der Waals surface area contributed by atoms with Gasteiger partial charge in [-0.3, -0.25) is 0 Å². The summed E-state index contributed by atoms with van der Waals surface area (Å²) in [5.41, 5.74) is 1.60. The van der Waals surface area contributed by atoms with Gasteiger partial charge in [0.05, 0.1) is 17.6 Å². The Bertz CT molecular complexity index is 607. The SMILES string of the molecule is COCc1c(CNC2CC2)oc2c(Br)cc(F)cc12. The molecule has 1 aliphatic rings. The molecule has 0 bridgehead atoms. The Morgan fingerprint density at radius 1 is 1.47 bits per heavy atom. The van der Waals surface area contributed by atoms with E-state index in [2.05, 4.69) is 21.2 Å². The van der Waals surface area contributed by atoms with Crippen molar-refractivity contribution in [1.29, 1.82) is 0 Å². The summed E-state index contributed by atoms with van der Waals surface area (Å²) in [5.74, 6) is 0.550. The van der Waals surface area contributed by atoms with Crippen molar-refractivity contribution in [2.75, 3.05) is 7.11 Å². The van der Waals surface area contributed by atoms with E-state index in [1.165, 1.54) is 25.0 Å². The van der Waals surface area contributed by atoms with Crippen molar-refractivity contribution in [2.45, 2.75) is 32.0 Å². The lowest BCUT2D eigenvalue weighted by Gasteiger charge is -2.03. The average Bonchev–Trinajstić information content (AvgIpc) is 3.13. The van der Waals surface area contributed by atoms with Crippen LogP contribution in [0.4, 0.5) is 4.39 Å². The minimum absolute atomic E-state index is 0.278. The highest BCUT2D eigenvalue weighted by Crippen LogP contribution is 2.33. The Kier molecular flexibility index (Phi) is 3.60. The second-order valence-electron chi connectivity index (χ2n) is 4.86. The van der Waals surface area contributed by atoms with E-state index in [1.54, 1.807) is 7.11 Å². The van der Waals surface area contributed by atoms with Gasteiger partial charge in [-0.2, -0.15) is 0 Å². The zero-order chi connectivity index (χ0) is 13.4. The lowest BCUT2D eigenvalue weighted by atomic mass is 10.1. The summed E-state index contributed by atoms with van der Waals surface area (Å²) >= 11 is 3.34. The van der Waals surface area contributed by atoms with Crippen LogP contribution < -0.4 is 5.32 Å². The van der Waals surface area contributed by atoms with E-state index in [4.69, 9.17) is 9.15 Å². The average molecular weight is 328 g/mol. The number of methoxy groups -OCH3 is 1. The number of furan rings is 1. The summed E-state index contributed by atoms with van der Waals surface area (Å²) in [6.07, 6.45) is 2.44. The minimum Gasteiger partial charge on any atom is -0.458 e. The van der Waals surface area contributed by atoms with Gasteiger partial charge in [0.25, 0.3) is 0 Å². The molecule has 0 aliphatic heterocycles. The molecule has 0 saturated heterocycles. The van der Waals surface area contributed by atoms with Crippen molar-refractivity contribution < 1.29 is 13.5 Å². The molecule has 5 heteroatoms. The number of ether oxygens (including phenoxy) is 1. The number of benzene rings is 1. The lowest BCUT2D eigenvalue weighted by Crippen LogP contribution is -2.15. The number of rotatable bonds is 5. The van der Waals surface area contributed by atoms with Gasteiger partial charge in [-0.05, 0) is 40.9 Å². The van der Waals surface area contributed by atoms with E-state index < -0.39 is 0 Å². The van der Waals surface area contributed by atoms with Crippen molar-refractivity contribution in [3.63, 3.8) is 0 Å². The van der Waals surface area contributed by atoms with E-state index in [0.717, 1.165) is 16.7 Å². The Morgan fingerprint density at radius 3 is 2.95 bits per heavy atom. The molecule has 2 aromatic rings. The molecule has 3 nitrogen and oxygen atoms in total. The first-order chi connectivity index (χ1) is 9.19. The van der Waals surface area contributed by atoms with Crippen molar-refractivity contribution >= 4 is 26.9 Å². The van der Waals surface area contributed by atoms with E-state index in [0.29, 0.717) is 29.2 Å². The molecule has 1 aromatic carbocycles. The topological polar surface area (TPSA) is 34.4 Å². The predicted octanol–water partition coefficient (Wildman–Crippen LogP) is 3.73. The maximum atomic E-state index is 13.5. The highest BCUT2D eigenvalue weighted by atomic mass is 79.9. The van der Waals surface area contributed by atoms with Gasteiger partial charge in [-0.15, -0.1) is 0 Å². The van der Waals surface area contributed by atoms with Gasteiger partial charge in [-0.25, -0.2) is 4.39 Å². The number of hydrogen-bond donors (Lipinski definition) is 1. The second-order valence-corrected chi connectivity index (χ2v) is 5.71. The molecule has 1 saturated carbocycles. The standard InChI is InChI=1S/C14H15BrFNO2/c1-18-7-11-10-4-8(16)5-12(15)14(10)19-13(11)6-17-9-2-3-9/h4-5,9,17H,2-3,6-7H2,1H3. The summed E-state index contributed by atoms with van der Waals surface area (Å²) in [6.45, 7) is 1.08. The number of halogens is 2. The van der Waals surface area contributed by atoms with Crippen LogP contribution in [0.25, 0.3) is 11.0 Å². The van der Waals surface area contributed by atoms with Gasteiger partial charge in [0, 0.05) is 24.1 Å². The predicted molar refractivity (Wildman–Crippen MR) is 74.4 cm³/mol. The largest absolute Gasteiger partial charge is 0.458 e. The Hall–Kier alpha value is -0.910. The molecule has 0 radical (unpaired) electrons. The normalized spacial score (nSPS) is 15.3. The summed E-state index contributed by atoms with van der Waals surface area (Å²) in [4.78, 5) is 0. The second kappa shape index (κ2) is 5.23. The number of hydrogen-bond acceptors (Lipinski definition) is 3. The van der Waals surface area contributed by atoms with Gasteiger partial charge >= 0.3 is 0 Å². The summed E-state index contributed by atoms with van der Waals surface area (Å²) in [5, 5.41) is 4.19. The quantitative estimate of drug-likeness (QED) is 0.908. The van der Waals surface area contributed by atoms with Crippen LogP contribution >= 0.6 is 15.9 Å². The zero-order valence-corrected chi connectivity index (χ0v) is 12.2. The summed E-state index contributed by atoms with van der Waals surface area (Å²) in [7, 11) is 1.63. The van der Waals surface area contributed by atoms with Gasteiger partial charge in [-0.1, -0.05) is 0 Å². The van der Waals surface area contributed by atoms with E-state index in [1.807, 2.05) is 0 Å². The van der Waals surface area contributed by atoms with Crippen LogP contribution in [0, 0.1) is 5.82 Å². The van der Waals surface area contributed by atoms with Crippen molar-refractivity contribution in [2.24, 2.45) is 0 Å². The van der Waals surface area contributed by atoms with Crippen LogP contribution in [0.2, 0.25) is 0 Å². The highest BCUT2D eigenvalue weighted by molar-refractivity contribution is 9.10. The van der Waals surface area contributed by atoms with Crippen LogP contribution in [0.5, 0.6) is 0 Å². The molecule has 0 atom stereocenters. The molecule has 1 aliphatic carbocycles. The minimum atomic E-state index is -0.278. The zero-order valence-electron chi connectivity index (χ0n) is 10.6. The van der Waals surface area contributed by atoms with Gasteiger partial charge in [0.15, 0.2) is 0 Å². The molecule has 0 spiro atoms. The molecule has 102 valence electrons. The summed E-state index contributed by atoms with van der Waals surface area (Å²) in [6, 6.07) is 3.52. The van der Waals surface area contributed by atoms with Crippen molar-refractivity contribution in [3.05, 3.63) is 33.7 Å². The Labute approximate surface area is 119 Å². The van der Waals surface area contributed by atoms with Crippen molar-refractivity contribution in [3.8, 4) is 0 Å². The molecule has 0 amide bonds. The third-order valence-corrected chi connectivity index (χ3v) is 3.90. The fourth-order valence-corrected chi connectivity index (χ4v) is 2.71. The fraction of sp³-hybridized carbons (Fsp3) is 0.429. The lowest BCUT2D eigenvalue weighted by molar-refractivity contribution is 0.183. The monoisotopic (exact) mass is 327 g/mol. The summed E-state index contributed by atoms with van der Waals surface area (Å²) < 4.78 is 25.2. The molecule has 19 heavy (non-hydrogen) atoms.